The first kappa shape index (κ1) is 14.4. The van der Waals surface area contributed by atoms with Gasteiger partial charge in [0.25, 0.3) is 0 Å². The molecule has 0 bridgehead atoms. The Morgan fingerprint density at radius 2 is 2.10 bits per heavy atom. The summed E-state index contributed by atoms with van der Waals surface area (Å²) in [4.78, 5) is 0. The number of ether oxygens (including phenoxy) is 1. The second-order valence-electron chi connectivity index (χ2n) is 5.41. The molecule has 1 aliphatic heterocycles. The molecule has 2 aromatic carbocycles. The van der Waals surface area contributed by atoms with Crippen LogP contribution < -0.4 is 10.1 Å². The molecule has 0 saturated carbocycles. The summed E-state index contributed by atoms with van der Waals surface area (Å²) in [6.45, 7) is 4.81. The number of fused-ring (bicyclic) bond motifs is 1. The first-order chi connectivity index (χ1) is 10.0. The highest BCUT2D eigenvalue weighted by atomic mass is 79.9. The largest absolute Gasteiger partial charge is 0.493 e. The van der Waals surface area contributed by atoms with Gasteiger partial charge in [0.15, 0.2) is 0 Å². The number of hydrogen-bond acceptors (Lipinski definition) is 2. The van der Waals surface area contributed by atoms with E-state index in [9.17, 15) is 4.39 Å². The molecule has 0 radical (unpaired) electrons. The zero-order valence-corrected chi connectivity index (χ0v) is 13.6. The van der Waals surface area contributed by atoms with Gasteiger partial charge >= 0.3 is 0 Å². The molecule has 2 nitrogen and oxygen atoms in total. The Kier molecular flexibility index (Phi) is 3.89. The van der Waals surface area contributed by atoms with Gasteiger partial charge in [0.1, 0.15) is 11.6 Å². The smallest absolute Gasteiger partial charge is 0.139 e. The summed E-state index contributed by atoms with van der Waals surface area (Å²) < 4.78 is 19.7. The van der Waals surface area contributed by atoms with E-state index in [-0.39, 0.29) is 11.9 Å². The molecule has 0 aromatic heterocycles. The zero-order chi connectivity index (χ0) is 15.0. The molecule has 4 heteroatoms. The summed E-state index contributed by atoms with van der Waals surface area (Å²) in [6, 6.07) is 9.69. The highest BCUT2D eigenvalue weighted by Gasteiger charge is 2.15. The minimum atomic E-state index is -0.252. The van der Waals surface area contributed by atoms with E-state index in [0.717, 1.165) is 30.0 Å². The van der Waals surface area contributed by atoms with Crippen molar-refractivity contribution < 1.29 is 9.13 Å². The minimum Gasteiger partial charge on any atom is -0.493 e. The molecular formula is C17H17BrFNO. The Hall–Kier alpha value is -1.55. The number of hydrogen-bond donors (Lipinski definition) is 1. The number of nitrogens with one attached hydrogen (secondary N) is 1. The zero-order valence-electron chi connectivity index (χ0n) is 12.0. The van der Waals surface area contributed by atoms with Crippen LogP contribution in [0.3, 0.4) is 0 Å². The van der Waals surface area contributed by atoms with Crippen molar-refractivity contribution >= 4 is 21.6 Å². The van der Waals surface area contributed by atoms with Crippen LogP contribution in [-0.2, 0) is 6.42 Å². The van der Waals surface area contributed by atoms with Gasteiger partial charge in [-0.1, -0.05) is 6.07 Å². The normalized spacial score (nSPS) is 14.5. The molecule has 0 saturated heterocycles. The van der Waals surface area contributed by atoms with Crippen molar-refractivity contribution in [3.8, 4) is 5.75 Å². The number of halogens is 2. The second kappa shape index (κ2) is 5.68. The van der Waals surface area contributed by atoms with Gasteiger partial charge in [-0.25, -0.2) is 4.39 Å². The van der Waals surface area contributed by atoms with Gasteiger partial charge in [-0.3, -0.25) is 0 Å². The lowest BCUT2D eigenvalue weighted by Crippen LogP contribution is -2.08. The van der Waals surface area contributed by atoms with E-state index in [0.29, 0.717) is 4.47 Å². The van der Waals surface area contributed by atoms with Crippen LogP contribution in [-0.4, -0.2) is 6.61 Å². The molecule has 110 valence electrons. The molecule has 0 fully saturated rings. The van der Waals surface area contributed by atoms with Crippen LogP contribution in [0.4, 0.5) is 10.1 Å². The molecule has 0 spiro atoms. The van der Waals surface area contributed by atoms with E-state index in [1.165, 1.54) is 17.2 Å². The third-order valence-corrected chi connectivity index (χ3v) is 4.46. The fourth-order valence-corrected chi connectivity index (χ4v) is 3.05. The van der Waals surface area contributed by atoms with Crippen LogP contribution in [0.1, 0.15) is 29.7 Å². The van der Waals surface area contributed by atoms with Crippen LogP contribution >= 0.6 is 15.9 Å². The maximum absolute atomic E-state index is 13.7. The molecule has 2 aromatic rings. The van der Waals surface area contributed by atoms with Crippen LogP contribution in [0.5, 0.6) is 5.75 Å². The summed E-state index contributed by atoms with van der Waals surface area (Å²) in [5.41, 5.74) is 4.27. The number of benzene rings is 2. The molecule has 1 N–H and O–H groups in total. The van der Waals surface area contributed by atoms with E-state index in [2.05, 4.69) is 40.3 Å². The fourth-order valence-electron chi connectivity index (χ4n) is 2.59. The first-order valence-electron chi connectivity index (χ1n) is 7.02. The second-order valence-corrected chi connectivity index (χ2v) is 6.27. The van der Waals surface area contributed by atoms with Gasteiger partial charge in [0, 0.05) is 18.2 Å². The SMILES string of the molecule is Cc1cc(Br)c(F)cc1NC(C)c1ccc2c(c1)CCO2. The number of aryl methyl sites for hydroxylation is 1. The van der Waals surface area contributed by atoms with E-state index in [4.69, 9.17) is 4.74 Å². The lowest BCUT2D eigenvalue weighted by atomic mass is 10.0. The van der Waals surface area contributed by atoms with Gasteiger partial charge in [-0.2, -0.15) is 0 Å². The number of anilines is 1. The lowest BCUT2D eigenvalue weighted by molar-refractivity contribution is 0.357. The summed E-state index contributed by atoms with van der Waals surface area (Å²) in [7, 11) is 0. The third kappa shape index (κ3) is 2.91. The average molecular weight is 350 g/mol. The predicted octanol–water partition coefficient (Wildman–Crippen LogP) is 5.00. The van der Waals surface area contributed by atoms with Crippen molar-refractivity contribution in [3.05, 3.63) is 57.3 Å². The highest BCUT2D eigenvalue weighted by molar-refractivity contribution is 9.10. The minimum absolute atomic E-state index is 0.107. The monoisotopic (exact) mass is 349 g/mol. The van der Waals surface area contributed by atoms with Crippen molar-refractivity contribution in [2.24, 2.45) is 0 Å². The van der Waals surface area contributed by atoms with Gasteiger partial charge in [-0.05, 0) is 70.7 Å². The van der Waals surface area contributed by atoms with Crippen molar-refractivity contribution in [1.29, 1.82) is 0 Å². The molecule has 0 aliphatic carbocycles. The summed E-state index contributed by atoms with van der Waals surface area (Å²) >= 11 is 3.21. The Morgan fingerprint density at radius 1 is 1.29 bits per heavy atom. The van der Waals surface area contributed by atoms with E-state index < -0.39 is 0 Å². The van der Waals surface area contributed by atoms with Crippen LogP contribution in [0.25, 0.3) is 0 Å². The van der Waals surface area contributed by atoms with E-state index in [1.54, 1.807) is 6.07 Å². The number of rotatable bonds is 3. The fraction of sp³-hybridized carbons (Fsp3) is 0.294. The quantitative estimate of drug-likeness (QED) is 0.841. The maximum Gasteiger partial charge on any atom is 0.139 e. The van der Waals surface area contributed by atoms with E-state index >= 15 is 0 Å². The molecule has 1 aliphatic rings. The Balaban J connectivity index is 1.83. The highest BCUT2D eigenvalue weighted by Crippen LogP contribution is 2.31. The van der Waals surface area contributed by atoms with Crippen LogP contribution in [0.2, 0.25) is 0 Å². The molecule has 1 heterocycles. The van der Waals surface area contributed by atoms with Crippen molar-refractivity contribution in [3.63, 3.8) is 0 Å². The summed E-state index contributed by atoms with van der Waals surface area (Å²) in [5, 5.41) is 3.38. The summed E-state index contributed by atoms with van der Waals surface area (Å²) in [6.07, 6.45) is 0.960. The molecular weight excluding hydrogens is 333 g/mol. The molecule has 3 rings (SSSR count). The lowest BCUT2D eigenvalue weighted by Gasteiger charge is -2.18. The van der Waals surface area contributed by atoms with E-state index in [1.807, 2.05) is 13.0 Å². The molecule has 1 atom stereocenters. The maximum atomic E-state index is 13.7. The third-order valence-electron chi connectivity index (χ3n) is 3.85. The standard InChI is InChI=1S/C17H17BrFNO/c1-10-7-14(18)15(19)9-16(10)20-11(2)12-3-4-17-13(8-12)5-6-21-17/h3-4,7-9,11,20H,5-6H2,1-2H3. The Labute approximate surface area is 132 Å². The van der Waals surface area contributed by atoms with Gasteiger partial charge in [-0.15, -0.1) is 0 Å². The van der Waals surface area contributed by atoms with Crippen LogP contribution in [0.15, 0.2) is 34.8 Å². The van der Waals surface area contributed by atoms with Gasteiger partial charge in [0.05, 0.1) is 11.1 Å². The Morgan fingerprint density at radius 3 is 2.90 bits per heavy atom. The van der Waals surface area contributed by atoms with Crippen LogP contribution in [0, 0.1) is 12.7 Å². The predicted molar refractivity (Wildman–Crippen MR) is 86.5 cm³/mol. The average Bonchev–Trinajstić information content (AvgIpc) is 2.92. The topological polar surface area (TPSA) is 21.3 Å². The first-order valence-corrected chi connectivity index (χ1v) is 7.81. The summed E-state index contributed by atoms with van der Waals surface area (Å²) in [5.74, 6) is 0.731. The van der Waals surface area contributed by atoms with Crippen molar-refractivity contribution in [1.82, 2.24) is 0 Å². The molecule has 0 amide bonds. The van der Waals surface area contributed by atoms with Crippen molar-refractivity contribution in [2.45, 2.75) is 26.3 Å². The Bertz CT molecular complexity index is 687. The van der Waals surface area contributed by atoms with Crippen molar-refractivity contribution in [2.75, 3.05) is 11.9 Å². The van der Waals surface area contributed by atoms with Gasteiger partial charge in [0.2, 0.25) is 0 Å². The molecule has 1 unspecified atom stereocenters. The van der Waals surface area contributed by atoms with Gasteiger partial charge < -0.3 is 10.1 Å². The molecule has 21 heavy (non-hydrogen) atoms.